The minimum atomic E-state index is -4.32. The average molecular weight is 298 g/mol. The third-order valence-corrected chi connectivity index (χ3v) is 3.56. The van der Waals surface area contributed by atoms with E-state index in [1.807, 2.05) is 0 Å². The fourth-order valence-electron chi connectivity index (χ4n) is 2.07. The van der Waals surface area contributed by atoms with Crippen molar-refractivity contribution in [2.24, 2.45) is 11.1 Å². The first-order valence-corrected chi connectivity index (χ1v) is 6.33. The smallest absolute Gasteiger partial charge is 0.391 e. The maximum atomic E-state index is 12.2. The van der Waals surface area contributed by atoms with Crippen LogP contribution in [0.1, 0.15) is 26.2 Å². The highest BCUT2D eigenvalue weighted by molar-refractivity contribution is 7.80. The summed E-state index contributed by atoms with van der Waals surface area (Å²) in [7, 11) is 0. The number of carbonyl (C=O) groups is 1. The van der Waals surface area contributed by atoms with Crippen molar-refractivity contribution in [3.8, 4) is 0 Å². The molecule has 0 bridgehead atoms. The molecule has 110 valence electrons. The molecule has 1 aliphatic heterocycles. The summed E-state index contributed by atoms with van der Waals surface area (Å²) in [4.78, 5) is 12.2. The van der Waals surface area contributed by atoms with Crippen molar-refractivity contribution < 1.29 is 22.7 Å². The van der Waals surface area contributed by atoms with Crippen molar-refractivity contribution in [1.82, 2.24) is 5.32 Å². The lowest BCUT2D eigenvalue weighted by molar-refractivity contribution is -0.144. The van der Waals surface area contributed by atoms with Crippen molar-refractivity contribution >= 4 is 23.1 Å². The number of hydrogen-bond donors (Lipinski definition) is 2. The molecule has 8 heteroatoms. The van der Waals surface area contributed by atoms with Crippen LogP contribution in [0, 0.1) is 5.41 Å². The summed E-state index contributed by atoms with van der Waals surface area (Å²) in [6, 6.07) is -1.01. The topological polar surface area (TPSA) is 64.4 Å². The molecule has 0 aromatic carbocycles. The van der Waals surface area contributed by atoms with Gasteiger partial charge >= 0.3 is 6.18 Å². The Kier molecular flexibility index (Phi) is 5.14. The zero-order valence-corrected chi connectivity index (χ0v) is 11.4. The first-order valence-electron chi connectivity index (χ1n) is 5.93. The first kappa shape index (κ1) is 16.2. The van der Waals surface area contributed by atoms with Gasteiger partial charge in [0, 0.05) is 19.3 Å². The number of ether oxygens (including phenoxy) is 1. The second-order valence-corrected chi connectivity index (χ2v) is 5.19. The van der Waals surface area contributed by atoms with Crippen LogP contribution in [0.15, 0.2) is 0 Å². The zero-order valence-electron chi connectivity index (χ0n) is 10.5. The predicted molar refractivity (Wildman–Crippen MR) is 67.5 cm³/mol. The lowest BCUT2D eigenvalue weighted by Crippen LogP contribution is -2.54. The van der Waals surface area contributed by atoms with Gasteiger partial charge in [-0.2, -0.15) is 13.2 Å². The van der Waals surface area contributed by atoms with Gasteiger partial charge in [0.25, 0.3) is 0 Å². The normalized spacial score (nSPS) is 20.6. The number of carbonyl (C=O) groups excluding carboxylic acids is 1. The molecule has 1 atom stereocenters. The van der Waals surface area contributed by atoms with Gasteiger partial charge in [0.2, 0.25) is 5.91 Å². The maximum Gasteiger partial charge on any atom is 0.391 e. The molecule has 1 aliphatic rings. The lowest BCUT2D eigenvalue weighted by Gasteiger charge is -2.35. The number of halogens is 3. The Morgan fingerprint density at radius 3 is 2.42 bits per heavy atom. The number of rotatable bonds is 4. The summed E-state index contributed by atoms with van der Waals surface area (Å²) in [5.41, 5.74) is 4.51. The van der Waals surface area contributed by atoms with Gasteiger partial charge in [-0.25, -0.2) is 0 Å². The largest absolute Gasteiger partial charge is 0.392 e. The summed E-state index contributed by atoms with van der Waals surface area (Å²) >= 11 is 4.91. The molecule has 1 fully saturated rings. The Morgan fingerprint density at radius 1 is 1.47 bits per heavy atom. The van der Waals surface area contributed by atoms with Crippen molar-refractivity contribution in [3.63, 3.8) is 0 Å². The fourth-order valence-corrected chi connectivity index (χ4v) is 2.36. The van der Waals surface area contributed by atoms with Crippen LogP contribution in [0.2, 0.25) is 0 Å². The Labute approximate surface area is 114 Å². The quantitative estimate of drug-likeness (QED) is 0.773. The highest BCUT2D eigenvalue weighted by Gasteiger charge is 2.44. The number of nitrogens with two attached hydrogens (primary N) is 1. The van der Waals surface area contributed by atoms with E-state index in [0.29, 0.717) is 26.1 Å². The van der Waals surface area contributed by atoms with Gasteiger partial charge < -0.3 is 15.8 Å². The second-order valence-electron chi connectivity index (χ2n) is 4.75. The van der Waals surface area contributed by atoms with Crippen LogP contribution in [0.25, 0.3) is 0 Å². The SMILES string of the molecule is CC(CC(F)(F)F)NC(=O)C1(C(N)=S)CCOCC1. The van der Waals surface area contributed by atoms with Crippen LogP contribution in [0.5, 0.6) is 0 Å². The summed E-state index contributed by atoms with van der Waals surface area (Å²) < 4.78 is 41.8. The molecule has 1 rings (SSSR count). The van der Waals surface area contributed by atoms with Crippen LogP contribution < -0.4 is 11.1 Å². The average Bonchev–Trinajstić information content (AvgIpc) is 2.26. The van der Waals surface area contributed by atoms with Crippen LogP contribution in [0.4, 0.5) is 13.2 Å². The van der Waals surface area contributed by atoms with Crippen molar-refractivity contribution in [3.05, 3.63) is 0 Å². The van der Waals surface area contributed by atoms with E-state index >= 15 is 0 Å². The number of nitrogens with one attached hydrogen (secondary N) is 1. The molecule has 0 spiro atoms. The van der Waals surface area contributed by atoms with E-state index in [-0.39, 0.29) is 4.99 Å². The lowest BCUT2D eigenvalue weighted by atomic mass is 9.79. The summed E-state index contributed by atoms with van der Waals surface area (Å²) in [6.45, 7) is 1.94. The molecule has 0 aromatic rings. The number of alkyl halides is 3. The molecule has 0 aliphatic carbocycles. The zero-order chi connectivity index (χ0) is 14.7. The minimum Gasteiger partial charge on any atom is -0.392 e. The van der Waals surface area contributed by atoms with Gasteiger partial charge in [-0.3, -0.25) is 4.79 Å². The van der Waals surface area contributed by atoms with E-state index in [2.05, 4.69) is 5.32 Å². The van der Waals surface area contributed by atoms with E-state index in [1.165, 1.54) is 6.92 Å². The van der Waals surface area contributed by atoms with Crippen LogP contribution in [-0.2, 0) is 9.53 Å². The summed E-state index contributed by atoms with van der Waals surface area (Å²) in [5.74, 6) is -0.542. The fraction of sp³-hybridized carbons (Fsp3) is 0.818. The standard InChI is InChI=1S/C11H17F3N2O2S/c1-7(6-11(12,13)14)16-9(17)10(8(15)19)2-4-18-5-3-10/h7H,2-6H2,1H3,(H2,15,19)(H,16,17). The molecule has 1 amide bonds. The second kappa shape index (κ2) is 6.04. The molecule has 1 heterocycles. The number of amides is 1. The summed E-state index contributed by atoms with van der Waals surface area (Å²) in [5, 5.41) is 2.35. The van der Waals surface area contributed by atoms with Gasteiger partial charge in [0.05, 0.1) is 11.4 Å². The van der Waals surface area contributed by atoms with Crippen molar-refractivity contribution in [2.45, 2.75) is 38.4 Å². The Morgan fingerprint density at radius 2 is 2.00 bits per heavy atom. The van der Waals surface area contributed by atoms with Crippen molar-refractivity contribution in [1.29, 1.82) is 0 Å². The Hall–Kier alpha value is -0.890. The molecule has 1 saturated heterocycles. The van der Waals surface area contributed by atoms with Gasteiger partial charge in [-0.15, -0.1) is 0 Å². The Bertz CT molecular complexity index is 354. The van der Waals surface area contributed by atoms with Gasteiger partial charge in [0.15, 0.2) is 0 Å². The first-order chi connectivity index (χ1) is 8.67. The molecule has 1 unspecified atom stereocenters. The van der Waals surface area contributed by atoms with E-state index < -0.39 is 30.0 Å². The van der Waals surface area contributed by atoms with Gasteiger partial charge in [-0.1, -0.05) is 12.2 Å². The Balaban J connectivity index is 2.71. The van der Waals surface area contributed by atoms with Crippen LogP contribution in [0.3, 0.4) is 0 Å². The predicted octanol–water partition coefficient (Wildman–Crippen LogP) is 1.53. The third kappa shape index (κ3) is 4.31. The highest BCUT2D eigenvalue weighted by atomic mass is 32.1. The summed E-state index contributed by atoms with van der Waals surface area (Å²) in [6.07, 6.45) is -4.80. The molecule has 3 N–H and O–H groups in total. The molecule has 19 heavy (non-hydrogen) atoms. The van der Waals surface area contributed by atoms with Gasteiger partial charge in [0.1, 0.15) is 5.41 Å². The molecular weight excluding hydrogens is 281 g/mol. The van der Waals surface area contributed by atoms with Crippen LogP contribution in [-0.4, -0.2) is 36.3 Å². The maximum absolute atomic E-state index is 12.2. The highest BCUT2D eigenvalue weighted by Crippen LogP contribution is 2.32. The van der Waals surface area contributed by atoms with E-state index in [9.17, 15) is 18.0 Å². The molecule has 4 nitrogen and oxygen atoms in total. The van der Waals surface area contributed by atoms with E-state index in [4.69, 9.17) is 22.7 Å². The van der Waals surface area contributed by atoms with E-state index in [1.54, 1.807) is 0 Å². The van der Waals surface area contributed by atoms with Crippen LogP contribution >= 0.6 is 12.2 Å². The number of thiocarbonyl (C=S) groups is 1. The molecule has 0 aromatic heterocycles. The van der Waals surface area contributed by atoms with E-state index in [0.717, 1.165) is 0 Å². The molecule has 0 radical (unpaired) electrons. The molecule has 0 saturated carbocycles. The molecular formula is C11H17F3N2O2S. The monoisotopic (exact) mass is 298 g/mol. The third-order valence-electron chi connectivity index (χ3n) is 3.17. The number of hydrogen-bond acceptors (Lipinski definition) is 3. The minimum absolute atomic E-state index is 0.00695. The van der Waals surface area contributed by atoms with Gasteiger partial charge in [-0.05, 0) is 19.8 Å². The van der Waals surface area contributed by atoms with Crippen molar-refractivity contribution in [2.75, 3.05) is 13.2 Å².